The molecule has 0 radical (unpaired) electrons. The van der Waals surface area contributed by atoms with Crippen molar-refractivity contribution < 1.29 is 4.79 Å². The topological polar surface area (TPSA) is 26.8 Å². The minimum absolute atomic E-state index is 0.185. The van der Waals surface area contributed by atoms with Gasteiger partial charge in [-0.2, -0.15) is 0 Å². The molecule has 1 fully saturated rings. The van der Waals surface area contributed by atoms with Crippen molar-refractivity contribution in [2.24, 2.45) is 0 Å². The highest BCUT2D eigenvalue weighted by Gasteiger charge is 2.27. The van der Waals surface area contributed by atoms with Gasteiger partial charge in [0, 0.05) is 32.7 Å². The van der Waals surface area contributed by atoms with Crippen LogP contribution in [0.3, 0.4) is 0 Å². The maximum atomic E-state index is 12.2. The fourth-order valence-corrected chi connectivity index (χ4v) is 2.20. The van der Waals surface area contributed by atoms with Crippen molar-refractivity contribution in [2.75, 3.05) is 40.3 Å². The van der Waals surface area contributed by atoms with E-state index in [0.717, 1.165) is 39.0 Å². The van der Waals surface area contributed by atoms with Crippen LogP contribution < -0.4 is 0 Å². The second-order valence-corrected chi connectivity index (χ2v) is 4.67. The Bertz CT molecular complexity index is 232. The van der Waals surface area contributed by atoms with Crippen LogP contribution in [0.5, 0.6) is 0 Å². The smallest absolute Gasteiger partial charge is 0.320 e. The first-order valence-corrected chi connectivity index (χ1v) is 6.30. The number of carbonyl (C=O) groups excluding carboxylic acids is 1. The summed E-state index contributed by atoms with van der Waals surface area (Å²) in [6, 6.07) is 0.554. The van der Waals surface area contributed by atoms with Crippen LogP contribution in [0.4, 0.5) is 4.79 Å². The Morgan fingerprint density at radius 3 is 2.62 bits per heavy atom. The van der Waals surface area contributed by atoms with Gasteiger partial charge < -0.3 is 14.7 Å². The molecular weight excluding hydrogens is 202 g/mol. The summed E-state index contributed by atoms with van der Waals surface area (Å²) in [7, 11) is 4.02. The molecule has 0 aromatic rings. The number of amides is 2. The van der Waals surface area contributed by atoms with Gasteiger partial charge in [0.25, 0.3) is 0 Å². The lowest BCUT2D eigenvalue weighted by Gasteiger charge is -2.33. The molecule has 0 aromatic carbocycles. The lowest BCUT2D eigenvalue weighted by molar-refractivity contribution is 0.140. The first-order valence-electron chi connectivity index (χ1n) is 6.30. The Balaban J connectivity index is 2.71. The van der Waals surface area contributed by atoms with Gasteiger partial charge in [-0.25, -0.2) is 4.79 Å². The van der Waals surface area contributed by atoms with Crippen LogP contribution in [0, 0.1) is 0 Å². The summed E-state index contributed by atoms with van der Waals surface area (Å²) in [5, 5.41) is 0. The molecule has 16 heavy (non-hydrogen) atoms. The number of hydrogen-bond donors (Lipinski definition) is 0. The predicted molar refractivity (Wildman–Crippen MR) is 66.6 cm³/mol. The molecular formula is C12H25N3O. The summed E-state index contributed by atoms with van der Waals surface area (Å²) in [4.78, 5) is 18.4. The van der Waals surface area contributed by atoms with Crippen molar-refractivity contribution in [2.45, 2.75) is 32.7 Å². The van der Waals surface area contributed by atoms with Crippen molar-refractivity contribution in [3.63, 3.8) is 0 Å². The Morgan fingerprint density at radius 1 is 1.38 bits per heavy atom. The van der Waals surface area contributed by atoms with Crippen molar-refractivity contribution >= 4 is 6.03 Å². The van der Waals surface area contributed by atoms with E-state index in [1.165, 1.54) is 0 Å². The average molecular weight is 227 g/mol. The van der Waals surface area contributed by atoms with E-state index >= 15 is 0 Å². The number of likely N-dealkylation sites (N-methyl/N-ethyl adjacent to an activating group) is 1. The molecule has 1 unspecified atom stereocenters. The third-order valence-corrected chi connectivity index (χ3v) is 3.42. The zero-order chi connectivity index (χ0) is 12.1. The Morgan fingerprint density at radius 2 is 2.06 bits per heavy atom. The minimum atomic E-state index is 0.185. The lowest BCUT2D eigenvalue weighted by atomic mass is 10.2. The Labute approximate surface area is 99.2 Å². The van der Waals surface area contributed by atoms with Gasteiger partial charge in [0.05, 0.1) is 0 Å². The quantitative estimate of drug-likeness (QED) is 0.714. The molecule has 94 valence electrons. The maximum absolute atomic E-state index is 12.2. The van der Waals surface area contributed by atoms with Gasteiger partial charge in [-0.05, 0) is 33.4 Å². The van der Waals surface area contributed by atoms with Crippen LogP contribution in [0.1, 0.15) is 26.7 Å². The molecule has 4 nitrogen and oxygen atoms in total. The SMILES string of the molecule is CCC1CN(C)CCCN1C(=O)N(C)CC. The third-order valence-electron chi connectivity index (χ3n) is 3.42. The van der Waals surface area contributed by atoms with Gasteiger partial charge in [-0.15, -0.1) is 0 Å². The number of nitrogens with zero attached hydrogens (tertiary/aromatic N) is 3. The average Bonchev–Trinajstić information content (AvgIpc) is 2.48. The van der Waals surface area contributed by atoms with Gasteiger partial charge in [0.2, 0.25) is 0 Å². The van der Waals surface area contributed by atoms with Crippen molar-refractivity contribution in [1.29, 1.82) is 0 Å². The standard InChI is InChI=1S/C12H25N3O/c1-5-11-10-13(3)8-7-9-15(11)12(16)14(4)6-2/h11H,5-10H2,1-4H3. The van der Waals surface area contributed by atoms with E-state index in [0.29, 0.717) is 6.04 Å². The molecule has 0 N–H and O–H groups in total. The molecule has 0 aromatic heterocycles. The summed E-state index contributed by atoms with van der Waals surface area (Å²) in [6.45, 7) is 7.95. The number of hydrogen-bond acceptors (Lipinski definition) is 2. The van der Waals surface area contributed by atoms with Crippen LogP contribution in [-0.2, 0) is 0 Å². The highest BCUT2D eigenvalue weighted by atomic mass is 16.2. The van der Waals surface area contributed by atoms with Crippen molar-refractivity contribution in [1.82, 2.24) is 14.7 Å². The molecule has 0 bridgehead atoms. The van der Waals surface area contributed by atoms with Gasteiger partial charge in [-0.1, -0.05) is 6.92 Å². The Kier molecular flexibility index (Phi) is 5.06. The first-order chi connectivity index (χ1) is 7.60. The monoisotopic (exact) mass is 227 g/mol. The van der Waals surface area contributed by atoms with E-state index in [4.69, 9.17) is 0 Å². The molecule has 1 heterocycles. The van der Waals surface area contributed by atoms with Gasteiger partial charge in [0.15, 0.2) is 0 Å². The normalized spacial score (nSPS) is 23.0. The molecule has 2 amide bonds. The number of urea groups is 1. The second-order valence-electron chi connectivity index (χ2n) is 4.67. The summed E-state index contributed by atoms with van der Waals surface area (Å²) >= 11 is 0. The van der Waals surface area contributed by atoms with E-state index in [-0.39, 0.29) is 6.03 Å². The molecule has 4 heteroatoms. The predicted octanol–water partition coefficient (Wildman–Crippen LogP) is 1.47. The highest BCUT2D eigenvalue weighted by Crippen LogP contribution is 2.13. The van der Waals surface area contributed by atoms with Crippen LogP contribution >= 0.6 is 0 Å². The molecule has 0 saturated carbocycles. The zero-order valence-electron chi connectivity index (χ0n) is 11.1. The second kappa shape index (κ2) is 6.09. The van der Waals surface area contributed by atoms with Crippen LogP contribution in [0.2, 0.25) is 0 Å². The first kappa shape index (κ1) is 13.3. The lowest BCUT2D eigenvalue weighted by Crippen LogP contribution is -2.48. The molecule has 1 atom stereocenters. The van der Waals surface area contributed by atoms with Gasteiger partial charge >= 0.3 is 6.03 Å². The third kappa shape index (κ3) is 3.11. The summed E-state index contributed by atoms with van der Waals surface area (Å²) in [5.41, 5.74) is 0. The minimum Gasteiger partial charge on any atom is -0.328 e. The van der Waals surface area contributed by atoms with Crippen LogP contribution in [-0.4, -0.2) is 67.0 Å². The maximum Gasteiger partial charge on any atom is 0.320 e. The van der Waals surface area contributed by atoms with Crippen LogP contribution in [0.15, 0.2) is 0 Å². The summed E-state index contributed by atoms with van der Waals surface area (Å²) in [6.07, 6.45) is 2.12. The van der Waals surface area contributed by atoms with E-state index in [1.54, 1.807) is 4.90 Å². The molecule has 1 aliphatic rings. The van der Waals surface area contributed by atoms with Gasteiger partial charge in [0.1, 0.15) is 0 Å². The molecule has 0 spiro atoms. The van der Waals surface area contributed by atoms with Gasteiger partial charge in [-0.3, -0.25) is 0 Å². The fraction of sp³-hybridized carbons (Fsp3) is 0.917. The largest absolute Gasteiger partial charge is 0.328 e. The molecule has 0 aliphatic carbocycles. The van der Waals surface area contributed by atoms with E-state index in [2.05, 4.69) is 18.9 Å². The fourth-order valence-electron chi connectivity index (χ4n) is 2.20. The molecule has 1 aliphatic heterocycles. The Hall–Kier alpha value is -0.770. The van der Waals surface area contributed by atoms with E-state index < -0.39 is 0 Å². The van der Waals surface area contributed by atoms with Crippen LogP contribution in [0.25, 0.3) is 0 Å². The molecule has 1 rings (SSSR count). The van der Waals surface area contributed by atoms with E-state index in [9.17, 15) is 4.79 Å². The zero-order valence-corrected chi connectivity index (χ0v) is 11.1. The van der Waals surface area contributed by atoms with Crippen molar-refractivity contribution in [3.8, 4) is 0 Å². The summed E-state index contributed by atoms with van der Waals surface area (Å²) in [5.74, 6) is 0. The van der Waals surface area contributed by atoms with E-state index in [1.807, 2.05) is 18.9 Å². The summed E-state index contributed by atoms with van der Waals surface area (Å²) < 4.78 is 0. The van der Waals surface area contributed by atoms with Crippen molar-refractivity contribution in [3.05, 3.63) is 0 Å². The number of rotatable bonds is 2. The highest BCUT2D eigenvalue weighted by molar-refractivity contribution is 5.74. The number of carbonyl (C=O) groups is 1. The molecule has 1 saturated heterocycles.